The van der Waals surface area contributed by atoms with E-state index < -0.39 is 0 Å². The Hall–Kier alpha value is -1.58. The van der Waals surface area contributed by atoms with Gasteiger partial charge in [-0.05, 0) is 52.6 Å². The molecule has 0 unspecified atom stereocenters. The minimum Gasteiger partial charge on any atom is -0.306 e. The van der Waals surface area contributed by atoms with E-state index in [4.69, 9.17) is 0 Å². The zero-order valence-corrected chi connectivity index (χ0v) is 15.8. The van der Waals surface area contributed by atoms with Gasteiger partial charge in [0, 0.05) is 11.1 Å². The highest BCUT2D eigenvalue weighted by Gasteiger charge is 2.38. The van der Waals surface area contributed by atoms with Crippen molar-refractivity contribution in [1.29, 1.82) is 0 Å². The van der Waals surface area contributed by atoms with Crippen molar-refractivity contribution in [3.8, 4) is 11.8 Å². The Morgan fingerprint density at radius 2 is 2.00 bits per heavy atom. The molecular formula is C17H26N4OS. The summed E-state index contributed by atoms with van der Waals surface area (Å²) in [5.74, 6) is 6.04. The molecule has 2 rings (SSSR count). The Labute approximate surface area is 143 Å². The van der Waals surface area contributed by atoms with E-state index in [1.54, 1.807) is 0 Å². The van der Waals surface area contributed by atoms with Gasteiger partial charge in [0.2, 0.25) is 0 Å². The van der Waals surface area contributed by atoms with Gasteiger partial charge in [0.25, 0.3) is 0 Å². The van der Waals surface area contributed by atoms with Crippen molar-refractivity contribution in [2.45, 2.75) is 53.5 Å². The van der Waals surface area contributed by atoms with Crippen molar-refractivity contribution in [1.82, 2.24) is 14.2 Å². The second kappa shape index (κ2) is 6.90. The minimum atomic E-state index is -0.236. The number of rotatable bonds is 3. The van der Waals surface area contributed by atoms with Crippen molar-refractivity contribution in [2.24, 2.45) is 0 Å². The molecule has 0 bridgehead atoms. The molecule has 1 saturated heterocycles. The van der Waals surface area contributed by atoms with Gasteiger partial charge in [0.05, 0.1) is 25.6 Å². The molecule has 0 radical (unpaired) electrons. The molecule has 1 aromatic rings. The summed E-state index contributed by atoms with van der Waals surface area (Å²) in [6.07, 6.45) is 0.887. The summed E-state index contributed by atoms with van der Waals surface area (Å²) in [6.45, 7) is 14.0. The van der Waals surface area contributed by atoms with Gasteiger partial charge in [0.15, 0.2) is 0 Å². The Kier molecular flexibility index (Phi) is 5.33. The summed E-state index contributed by atoms with van der Waals surface area (Å²) in [6, 6.07) is 0.0487. The van der Waals surface area contributed by atoms with Gasteiger partial charge >= 0.3 is 6.03 Å². The van der Waals surface area contributed by atoms with Crippen molar-refractivity contribution < 1.29 is 4.79 Å². The standard InChI is InChI=1S/C17H26N4OS/c1-7-9-10-19-11-20(15-13(3)14(8-2)18-23-15)16(22)21(12-19)17(4,5)6/h8,10-12H2,1-6H3. The van der Waals surface area contributed by atoms with Crippen LogP contribution >= 0.6 is 11.5 Å². The molecule has 1 aromatic heterocycles. The maximum absolute atomic E-state index is 13.0. The van der Waals surface area contributed by atoms with Gasteiger partial charge in [-0.3, -0.25) is 9.80 Å². The predicted octanol–water partition coefficient (Wildman–Crippen LogP) is 3.29. The first-order valence-electron chi connectivity index (χ1n) is 7.95. The molecule has 2 heterocycles. The summed E-state index contributed by atoms with van der Waals surface area (Å²) < 4.78 is 4.50. The number of aromatic nitrogens is 1. The van der Waals surface area contributed by atoms with Crippen LogP contribution in [-0.2, 0) is 6.42 Å². The Morgan fingerprint density at radius 3 is 2.52 bits per heavy atom. The molecule has 2 amide bonds. The van der Waals surface area contributed by atoms with Crippen LogP contribution < -0.4 is 4.90 Å². The molecule has 0 N–H and O–H groups in total. The summed E-state index contributed by atoms with van der Waals surface area (Å²) in [7, 11) is 0. The second-order valence-electron chi connectivity index (χ2n) is 6.76. The first-order chi connectivity index (χ1) is 10.8. The third-order valence-corrected chi connectivity index (χ3v) is 5.02. The van der Waals surface area contributed by atoms with Gasteiger partial charge in [0.1, 0.15) is 5.00 Å². The molecule has 0 aliphatic carbocycles. The minimum absolute atomic E-state index is 0.0487. The average molecular weight is 334 g/mol. The highest BCUT2D eigenvalue weighted by atomic mass is 32.1. The summed E-state index contributed by atoms with van der Waals surface area (Å²) >= 11 is 1.42. The van der Waals surface area contributed by atoms with E-state index in [0.717, 1.165) is 22.7 Å². The fraction of sp³-hybridized carbons (Fsp3) is 0.647. The van der Waals surface area contributed by atoms with E-state index in [0.29, 0.717) is 19.9 Å². The van der Waals surface area contributed by atoms with Gasteiger partial charge in [-0.25, -0.2) is 4.79 Å². The van der Waals surface area contributed by atoms with Crippen LogP contribution in [0.5, 0.6) is 0 Å². The Morgan fingerprint density at radius 1 is 1.30 bits per heavy atom. The average Bonchev–Trinajstić information content (AvgIpc) is 2.85. The smallest absolute Gasteiger partial charge is 0.306 e. The van der Waals surface area contributed by atoms with E-state index in [2.05, 4.69) is 55.7 Å². The molecule has 1 aliphatic heterocycles. The van der Waals surface area contributed by atoms with E-state index in [9.17, 15) is 4.79 Å². The molecule has 0 saturated carbocycles. The van der Waals surface area contributed by atoms with E-state index in [1.807, 2.05) is 16.7 Å². The fourth-order valence-corrected chi connectivity index (χ4v) is 3.54. The van der Waals surface area contributed by atoms with Gasteiger partial charge in [-0.1, -0.05) is 12.8 Å². The van der Waals surface area contributed by atoms with Crippen LogP contribution in [0.15, 0.2) is 0 Å². The number of carbonyl (C=O) groups excluding carboxylic acids is 1. The topological polar surface area (TPSA) is 39.7 Å². The summed E-state index contributed by atoms with van der Waals surface area (Å²) in [4.78, 5) is 18.9. The lowest BCUT2D eigenvalue weighted by molar-refractivity contribution is 0.0707. The first kappa shape index (κ1) is 17.8. The van der Waals surface area contributed by atoms with Gasteiger partial charge in [-0.2, -0.15) is 4.37 Å². The van der Waals surface area contributed by atoms with Gasteiger partial charge in [-0.15, -0.1) is 5.92 Å². The molecular weight excluding hydrogens is 308 g/mol. The molecule has 0 atom stereocenters. The van der Waals surface area contributed by atoms with Crippen LogP contribution in [0.25, 0.3) is 0 Å². The largest absolute Gasteiger partial charge is 0.327 e. The number of hydrogen-bond donors (Lipinski definition) is 0. The lowest BCUT2D eigenvalue weighted by atomic mass is 10.1. The summed E-state index contributed by atoms with van der Waals surface area (Å²) in [5, 5.41) is 0.954. The summed E-state index contributed by atoms with van der Waals surface area (Å²) in [5.41, 5.74) is 1.95. The van der Waals surface area contributed by atoms with Crippen molar-refractivity contribution >= 4 is 22.6 Å². The molecule has 6 heteroatoms. The van der Waals surface area contributed by atoms with Gasteiger partial charge < -0.3 is 4.90 Å². The number of carbonyl (C=O) groups is 1. The highest BCUT2D eigenvalue weighted by Crippen LogP contribution is 2.32. The lowest BCUT2D eigenvalue weighted by Gasteiger charge is -2.46. The molecule has 5 nitrogen and oxygen atoms in total. The van der Waals surface area contributed by atoms with Crippen LogP contribution in [0.4, 0.5) is 9.80 Å². The normalized spacial score (nSPS) is 16.5. The third-order valence-electron chi connectivity index (χ3n) is 4.01. The predicted molar refractivity (Wildman–Crippen MR) is 95.6 cm³/mol. The van der Waals surface area contributed by atoms with Crippen molar-refractivity contribution in [3.05, 3.63) is 11.3 Å². The van der Waals surface area contributed by atoms with E-state index >= 15 is 0 Å². The number of hydrogen-bond acceptors (Lipinski definition) is 4. The van der Waals surface area contributed by atoms with Crippen LogP contribution in [-0.4, -0.2) is 45.6 Å². The zero-order valence-electron chi connectivity index (χ0n) is 14.9. The van der Waals surface area contributed by atoms with Crippen LogP contribution in [0.2, 0.25) is 0 Å². The molecule has 23 heavy (non-hydrogen) atoms. The zero-order chi connectivity index (χ0) is 17.2. The van der Waals surface area contributed by atoms with Crippen LogP contribution in [0.1, 0.15) is 45.9 Å². The molecule has 126 valence electrons. The molecule has 1 aliphatic rings. The Balaban J connectivity index is 2.36. The number of amides is 2. The number of urea groups is 1. The number of aryl methyl sites for hydroxylation is 1. The SMILES string of the molecule is CC#CCN1CN(c2snc(CC)c2C)C(=O)N(C(C)(C)C)C1. The molecule has 1 fully saturated rings. The molecule has 0 spiro atoms. The highest BCUT2D eigenvalue weighted by molar-refractivity contribution is 7.10. The fourth-order valence-electron chi connectivity index (χ4n) is 2.59. The lowest BCUT2D eigenvalue weighted by Crippen LogP contribution is -2.63. The van der Waals surface area contributed by atoms with E-state index in [-0.39, 0.29) is 11.6 Å². The van der Waals surface area contributed by atoms with Crippen molar-refractivity contribution in [2.75, 3.05) is 24.8 Å². The quantitative estimate of drug-likeness (QED) is 0.796. The second-order valence-corrected chi connectivity index (χ2v) is 7.51. The Bertz CT molecular complexity index is 635. The third kappa shape index (κ3) is 3.67. The number of anilines is 1. The first-order valence-corrected chi connectivity index (χ1v) is 8.73. The van der Waals surface area contributed by atoms with Crippen LogP contribution in [0, 0.1) is 18.8 Å². The molecule has 0 aromatic carbocycles. The van der Waals surface area contributed by atoms with E-state index in [1.165, 1.54) is 11.5 Å². The van der Waals surface area contributed by atoms with Crippen molar-refractivity contribution in [3.63, 3.8) is 0 Å². The maximum atomic E-state index is 13.0. The van der Waals surface area contributed by atoms with Crippen LogP contribution in [0.3, 0.4) is 0 Å². The number of nitrogens with zero attached hydrogens (tertiary/aromatic N) is 4. The monoisotopic (exact) mass is 334 g/mol. The maximum Gasteiger partial charge on any atom is 0.327 e.